The summed E-state index contributed by atoms with van der Waals surface area (Å²) in [5.41, 5.74) is 2.67. The van der Waals surface area contributed by atoms with Gasteiger partial charge in [-0.25, -0.2) is 8.78 Å². The van der Waals surface area contributed by atoms with E-state index in [9.17, 15) is 4.39 Å². The molecule has 0 bridgehead atoms. The van der Waals surface area contributed by atoms with Crippen LogP contribution in [0.15, 0.2) is 30.3 Å². The summed E-state index contributed by atoms with van der Waals surface area (Å²) in [7, 11) is 1.54. The van der Waals surface area contributed by atoms with Crippen LogP contribution in [0.3, 0.4) is 0 Å². The van der Waals surface area contributed by atoms with Crippen molar-refractivity contribution >= 4 is 0 Å². The maximum atomic E-state index is 15.1. The first-order valence-electron chi connectivity index (χ1n) is 9.03. The molecule has 0 saturated heterocycles. The molecule has 1 nitrogen and oxygen atoms in total. The number of hydrogen-bond acceptors (Lipinski definition) is 1. The fourth-order valence-corrected chi connectivity index (χ4v) is 4.18. The molecule has 0 aromatic heterocycles. The Kier molecular flexibility index (Phi) is 4.86. The summed E-state index contributed by atoms with van der Waals surface area (Å²) in [4.78, 5) is 0. The number of methoxy groups -OCH3 is 1. The lowest BCUT2D eigenvalue weighted by Gasteiger charge is -2.30. The average Bonchev–Trinajstić information content (AvgIpc) is 2.94. The highest BCUT2D eigenvalue weighted by atomic mass is 19.1. The lowest BCUT2D eigenvalue weighted by atomic mass is 9.75. The molecule has 1 atom stereocenters. The van der Waals surface area contributed by atoms with Gasteiger partial charge in [0.15, 0.2) is 0 Å². The van der Waals surface area contributed by atoms with Gasteiger partial charge in [0.05, 0.1) is 7.11 Å². The van der Waals surface area contributed by atoms with Gasteiger partial charge in [-0.05, 0) is 66.0 Å². The Labute approximate surface area is 149 Å². The Hall–Kier alpha value is -1.90. The molecule has 1 aliphatic rings. The van der Waals surface area contributed by atoms with Gasteiger partial charge in [-0.15, -0.1) is 0 Å². The molecular weight excluding hydrogens is 318 g/mol. The van der Waals surface area contributed by atoms with Crippen LogP contribution in [-0.4, -0.2) is 7.11 Å². The Morgan fingerprint density at radius 2 is 1.88 bits per heavy atom. The highest BCUT2D eigenvalue weighted by molar-refractivity contribution is 5.71. The van der Waals surface area contributed by atoms with Gasteiger partial charge in [0.25, 0.3) is 0 Å². The monoisotopic (exact) mass is 344 g/mol. The number of hydrogen-bond donors (Lipinski definition) is 0. The van der Waals surface area contributed by atoms with Crippen molar-refractivity contribution in [1.29, 1.82) is 0 Å². The molecule has 0 aliphatic heterocycles. The molecule has 3 rings (SSSR count). The van der Waals surface area contributed by atoms with E-state index < -0.39 is 5.82 Å². The zero-order valence-corrected chi connectivity index (χ0v) is 15.5. The van der Waals surface area contributed by atoms with Gasteiger partial charge < -0.3 is 4.74 Å². The number of benzene rings is 2. The molecule has 0 amide bonds. The lowest BCUT2D eigenvalue weighted by molar-refractivity contribution is 0.332. The number of halogens is 2. The van der Waals surface area contributed by atoms with E-state index in [-0.39, 0.29) is 22.7 Å². The molecule has 0 radical (unpaired) electrons. The largest absolute Gasteiger partial charge is 0.497 e. The maximum Gasteiger partial charge on any atom is 0.131 e. The highest BCUT2D eigenvalue weighted by Gasteiger charge is 2.37. The van der Waals surface area contributed by atoms with Crippen LogP contribution in [0.4, 0.5) is 8.78 Å². The van der Waals surface area contributed by atoms with E-state index in [1.165, 1.54) is 13.2 Å². The Morgan fingerprint density at radius 3 is 2.48 bits per heavy atom. The summed E-state index contributed by atoms with van der Waals surface area (Å²) in [6.45, 7) is 6.48. The summed E-state index contributed by atoms with van der Waals surface area (Å²) in [5, 5.41) is 0. The Balaban J connectivity index is 2.26. The standard InChI is InChI=1S/C22H26F2O/c1-5-14-11-16(18-7-6-10-22(18,2)3)21(20(24)12-14)17-13-15(25-4)8-9-19(17)23/h8-9,11-13,18H,5-7,10H2,1-4H3/t18-/m0/s1. The lowest BCUT2D eigenvalue weighted by Crippen LogP contribution is -2.17. The van der Waals surface area contributed by atoms with Crippen LogP contribution < -0.4 is 4.74 Å². The quantitative estimate of drug-likeness (QED) is 0.615. The van der Waals surface area contributed by atoms with Gasteiger partial charge in [-0.2, -0.15) is 0 Å². The minimum Gasteiger partial charge on any atom is -0.497 e. The molecule has 134 valence electrons. The number of aryl methyl sites for hydroxylation is 1. The van der Waals surface area contributed by atoms with Gasteiger partial charge in [0.1, 0.15) is 17.4 Å². The van der Waals surface area contributed by atoms with Crippen molar-refractivity contribution in [2.45, 2.75) is 52.4 Å². The Morgan fingerprint density at radius 1 is 1.12 bits per heavy atom. The van der Waals surface area contributed by atoms with Crippen LogP contribution in [0.5, 0.6) is 5.75 Å². The second-order valence-corrected chi connectivity index (χ2v) is 7.67. The van der Waals surface area contributed by atoms with E-state index in [4.69, 9.17) is 4.74 Å². The van der Waals surface area contributed by atoms with Crippen molar-refractivity contribution in [3.05, 3.63) is 53.1 Å². The van der Waals surface area contributed by atoms with Crippen LogP contribution in [0.2, 0.25) is 0 Å². The van der Waals surface area contributed by atoms with E-state index in [0.717, 1.165) is 36.8 Å². The van der Waals surface area contributed by atoms with Crippen molar-refractivity contribution in [3.8, 4) is 16.9 Å². The zero-order valence-electron chi connectivity index (χ0n) is 15.5. The second kappa shape index (κ2) is 6.78. The van der Waals surface area contributed by atoms with Gasteiger partial charge in [-0.3, -0.25) is 0 Å². The van der Waals surface area contributed by atoms with Gasteiger partial charge in [-0.1, -0.05) is 33.3 Å². The number of ether oxygens (including phenoxy) is 1. The second-order valence-electron chi connectivity index (χ2n) is 7.67. The van der Waals surface area contributed by atoms with Crippen molar-refractivity contribution < 1.29 is 13.5 Å². The van der Waals surface area contributed by atoms with Crippen molar-refractivity contribution in [3.63, 3.8) is 0 Å². The van der Waals surface area contributed by atoms with Crippen LogP contribution in [0.25, 0.3) is 11.1 Å². The Bertz CT molecular complexity index is 780. The van der Waals surface area contributed by atoms with Crippen LogP contribution >= 0.6 is 0 Å². The first kappa shape index (κ1) is 17.9. The van der Waals surface area contributed by atoms with Crippen LogP contribution in [0.1, 0.15) is 57.1 Å². The summed E-state index contributed by atoms with van der Waals surface area (Å²) < 4.78 is 34.9. The zero-order chi connectivity index (χ0) is 18.2. The molecule has 3 heteroatoms. The SMILES string of the molecule is CCc1cc(F)c(-c2cc(OC)ccc2F)c([C@@H]2CCCC2(C)C)c1. The van der Waals surface area contributed by atoms with E-state index in [2.05, 4.69) is 19.9 Å². The first-order valence-corrected chi connectivity index (χ1v) is 9.03. The van der Waals surface area contributed by atoms with E-state index in [1.807, 2.05) is 6.92 Å². The molecule has 0 heterocycles. The fourth-order valence-electron chi connectivity index (χ4n) is 4.18. The fraction of sp³-hybridized carbons (Fsp3) is 0.455. The molecule has 0 N–H and O–H groups in total. The minimum absolute atomic E-state index is 0.0862. The molecule has 1 fully saturated rings. The van der Waals surface area contributed by atoms with Gasteiger partial charge >= 0.3 is 0 Å². The summed E-state index contributed by atoms with van der Waals surface area (Å²) in [5.74, 6) is 0.00584. The van der Waals surface area contributed by atoms with Crippen LogP contribution in [0, 0.1) is 17.0 Å². The molecule has 1 saturated carbocycles. The summed E-state index contributed by atoms with van der Waals surface area (Å²) >= 11 is 0. The highest BCUT2D eigenvalue weighted by Crippen LogP contribution is 2.52. The molecule has 0 unspecified atom stereocenters. The molecular formula is C22H26F2O. The van der Waals surface area contributed by atoms with E-state index in [0.29, 0.717) is 11.3 Å². The maximum absolute atomic E-state index is 15.1. The smallest absolute Gasteiger partial charge is 0.131 e. The number of rotatable bonds is 4. The van der Waals surface area contributed by atoms with E-state index in [1.54, 1.807) is 18.2 Å². The summed E-state index contributed by atoms with van der Waals surface area (Å²) in [6, 6.07) is 8.14. The normalized spacial score (nSPS) is 19.2. The average molecular weight is 344 g/mol. The van der Waals surface area contributed by atoms with Crippen LogP contribution in [-0.2, 0) is 6.42 Å². The first-order chi connectivity index (χ1) is 11.9. The predicted molar refractivity (Wildman–Crippen MR) is 98.1 cm³/mol. The van der Waals surface area contributed by atoms with Gasteiger partial charge in [0.2, 0.25) is 0 Å². The molecule has 2 aromatic rings. The third kappa shape index (κ3) is 3.29. The van der Waals surface area contributed by atoms with Gasteiger partial charge in [0, 0.05) is 11.1 Å². The van der Waals surface area contributed by atoms with Crippen molar-refractivity contribution in [1.82, 2.24) is 0 Å². The molecule has 25 heavy (non-hydrogen) atoms. The van der Waals surface area contributed by atoms with Crippen molar-refractivity contribution in [2.24, 2.45) is 5.41 Å². The molecule has 1 aliphatic carbocycles. The minimum atomic E-state index is -0.416. The molecule has 0 spiro atoms. The van der Waals surface area contributed by atoms with Crippen molar-refractivity contribution in [2.75, 3.05) is 7.11 Å². The third-order valence-electron chi connectivity index (χ3n) is 5.66. The topological polar surface area (TPSA) is 9.23 Å². The third-order valence-corrected chi connectivity index (χ3v) is 5.66. The molecule has 2 aromatic carbocycles. The summed E-state index contributed by atoms with van der Waals surface area (Å²) in [6.07, 6.45) is 4.00. The predicted octanol–water partition coefficient (Wildman–Crippen LogP) is 6.50. The van der Waals surface area contributed by atoms with E-state index >= 15 is 4.39 Å².